The molecule has 1 aliphatic rings. The Morgan fingerprint density at radius 1 is 1.38 bits per heavy atom. The van der Waals surface area contributed by atoms with E-state index in [1.807, 2.05) is 0 Å². The summed E-state index contributed by atoms with van der Waals surface area (Å²) in [5.74, 6) is -2.82. The smallest absolute Gasteiger partial charge is 0.438 e. The van der Waals surface area contributed by atoms with Gasteiger partial charge in [0.25, 0.3) is 5.91 Å². The van der Waals surface area contributed by atoms with Crippen LogP contribution in [-0.4, -0.2) is 28.9 Å². The van der Waals surface area contributed by atoms with Gasteiger partial charge in [-0.1, -0.05) is 13.0 Å². The van der Waals surface area contributed by atoms with Crippen LogP contribution in [0.4, 0.5) is 17.6 Å². The van der Waals surface area contributed by atoms with Crippen molar-refractivity contribution in [3.63, 3.8) is 0 Å². The molecule has 8 heteroatoms. The largest absolute Gasteiger partial charge is 0.452 e. The van der Waals surface area contributed by atoms with Gasteiger partial charge in [-0.2, -0.15) is 13.2 Å². The Hall–Kier alpha value is -2.38. The molecule has 0 spiro atoms. The van der Waals surface area contributed by atoms with Crippen molar-refractivity contribution in [1.29, 1.82) is 0 Å². The molecule has 1 amide bonds. The molecule has 0 saturated heterocycles. The first kappa shape index (κ1) is 16.5. The van der Waals surface area contributed by atoms with Crippen molar-refractivity contribution in [2.24, 2.45) is 0 Å². The highest BCUT2D eigenvalue weighted by atomic mass is 19.4. The number of amides is 1. The van der Waals surface area contributed by atoms with Crippen LogP contribution in [0.3, 0.4) is 0 Å². The average Bonchev–Trinajstić information content (AvgIpc) is 2.95. The molecule has 0 N–H and O–H groups in total. The Bertz CT molecular complexity index is 770. The second-order valence-corrected chi connectivity index (χ2v) is 5.77. The number of nitrogens with zero attached hydrogens (tertiary/aromatic N) is 2. The molecule has 2 aromatic rings. The molecule has 24 heavy (non-hydrogen) atoms. The third kappa shape index (κ3) is 3.00. The number of carbonyl (C=O) groups excluding carboxylic acids is 1. The lowest BCUT2D eigenvalue weighted by Gasteiger charge is -2.22. The van der Waals surface area contributed by atoms with Crippen molar-refractivity contribution >= 4 is 5.91 Å². The molecule has 1 aromatic heterocycles. The normalized spacial score (nSPS) is 18.2. The second-order valence-electron chi connectivity index (χ2n) is 5.77. The molecule has 128 valence electrons. The van der Waals surface area contributed by atoms with Gasteiger partial charge < -0.3 is 9.32 Å². The maximum Gasteiger partial charge on any atom is 0.452 e. The van der Waals surface area contributed by atoms with Crippen molar-refractivity contribution in [2.45, 2.75) is 25.4 Å². The van der Waals surface area contributed by atoms with E-state index in [2.05, 4.69) is 9.40 Å². The molecule has 0 bridgehead atoms. The van der Waals surface area contributed by atoms with Crippen LogP contribution >= 0.6 is 0 Å². The number of hydrogen-bond acceptors (Lipinski definition) is 3. The molecule has 1 unspecified atom stereocenters. The van der Waals surface area contributed by atoms with E-state index in [9.17, 15) is 22.4 Å². The Morgan fingerprint density at radius 3 is 2.83 bits per heavy atom. The zero-order valence-electron chi connectivity index (χ0n) is 12.7. The standard InChI is InChI=1S/C16H14F4N2O2/c1-9-7-22(5-4-10-2-3-11(17)6-12(9)10)15(23)13-14(16(18,19)20)24-8-21-13/h2-3,6,8-9H,4-5,7H2,1H3. The molecule has 1 aromatic carbocycles. The van der Waals surface area contributed by atoms with Gasteiger partial charge in [0.2, 0.25) is 5.76 Å². The summed E-state index contributed by atoms with van der Waals surface area (Å²) >= 11 is 0. The summed E-state index contributed by atoms with van der Waals surface area (Å²) in [5, 5.41) is 0. The van der Waals surface area contributed by atoms with Crippen LogP contribution in [0.1, 0.15) is 40.2 Å². The number of alkyl halides is 3. The van der Waals surface area contributed by atoms with Gasteiger partial charge in [0.1, 0.15) is 5.82 Å². The van der Waals surface area contributed by atoms with Gasteiger partial charge in [-0.25, -0.2) is 9.37 Å². The van der Waals surface area contributed by atoms with Crippen LogP contribution in [0.15, 0.2) is 29.0 Å². The van der Waals surface area contributed by atoms with E-state index in [0.717, 1.165) is 11.1 Å². The number of benzene rings is 1. The Kier molecular flexibility index (Phi) is 4.06. The SMILES string of the molecule is CC1CN(C(=O)c2ncoc2C(F)(F)F)CCc2ccc(F)cc21. The molecule has 1 aliphatic heterocycles. The van der Waals surface area contributed by atoms with Gasteiger partial charge >= 0.3 is 6.18 Å². The molecule has 0 saturated carbocycles. The molecule has 3 rings (SSSR count). The van der Waals surface area contributed by atoms with E-state index in [0.29, 0.717) is 12.8 Å². The first-order valence-electron chi connectivity index (χ1n) is 7.35. The fourth-order valence-corrected chi connectivity index (χ4v) is 2.96. The number of hydrogen-bond donors (Lipinski definition) is 0. The van der Waals surface area contributed by atoms with Gasteiger partial charge in [-0.05, 0) is 35.6 Å². The van der Waals surface area contributed by atoms with E-state index in [1.54, 1.807) is 13.0 Å². The highest BCUT2D eigenvalue weighted by Crippen LogP contribution is 2.33. The average molecular weight is 342 g/mol. The topological polar surface area (TPSA) is 46.3 Å². The second kappa shape index (κ2) is 5.92. The predicted octanol–water partition coefficient (Wildman–Crippen LogP) is 3.63. The summed E-state index contributed by atoms with van der Waals surface area (Å²) < 4.78 is 56.4. The summed E-state index contributed by atoms with van der Waals surface area (Å²) in [6.07, 6.45) is -3.74. The van der Waals surface area contributed by atoms with E-state index in [-0.39, 0.29) is 24.8 Å². The monoisotopic (exact) mass is 342 g/mol. The third-order valence-electron chi connectivity index (χ3n) is 4.10. The molecular weight excluding hydrogens is 328 g/mol. The molecule has 0 fully saturated rings. The quantitative estimate of drug-likeness (QED) is 0.744. The minimum absolute atomic E-state index is 0.180. The van der Waals surface area contributed by atoms with Crippen molar-refractivity contribution < 1.29 is 26.8 Å². The summed E-state index contributed by atoms with van der Waals surface area (Å²) in [7, 11) is 0. The van der Waals surface area contributed by atoms with Crippen molar-refractivity contribution in [1.82, 2.24) is 9.88 Å². The zero-order valence-corrected chi connectivity index (χ0v) is 12.7. The van der Waals surface area contributed by atoms with Crippen LogP contribution in [0, 0.1) is 5.82 Å². The van der Waals surface area contributed by atoms with E-state index < -0.39 is 23.5 Å². The molecule has 1 atom stereocenters. The first-order chi connectivity index (χ1) is 11.3. The van der Waals surface area contributed by atoms with E-state index in [4.69, 9.17) is 0 Å². The predicted molar refractivity (Wildman–Crippen MR) is 75.9 cm³/mol. The number of carbonyl (C=O) groups is 1. The number of rotatable bonds is 1. The summed E-state index contributed by atoms with van der Waals surface area (Å²) in [5.41, 5.74) is 0.906. The van der Waals surface area contributed by atoms with Crippen LogP contribution in [0.5, 0.6) is 0 Å². The van der Waals surface area contributed by atoms with Crippen LogP contribution in [0.2, 0.25) is 0 Å². The Labute approximate surface area is 135 Å². The van der Waals surface area contributed by atoms with Crippen LogP contribution in [-0.2, 0) is 12.6 Å². The van der Waals surface area contributed by atoms with Gasteiger partial charge in [-0.3, -0.25) is 4.79 Å². The third-order valence-corrected chi connectivity index (χ3v) is 4.10. The summed E-state index contributed by atoms with van der Waals surface area (Å²) in [6, 6.07) is 4.39. The lowest BCUT2D eigenvalue weighted by Crippen LogP contribution is -2.35. The van der Waals surface area contributed by atoms with Crippen LogP contribution < -0.4 is 0 Å². The number of aromatic nitrogens is 1. The first-order valence-corrected chi connectivity index (χ1v) is 7.35. The highest BCUT2D eigenvalue weighted by Gasteiger charge is 2.41. The van der Waals surface area contributed by atoms with Crippen molar-refractivity contribution in [2.75, 3.05) is 13.1 Å². The number of halogens is 4. The Balaban J connectivity index is 1.87. The lowest BCUT2D eigenvalue weighted by molar-refractivity contribution is -0.153. The lowest BCUT2D eigenvalue weighted by atomic mass is 9.95. The van der Waals surface area contributed by atoms with E-state index in [1.165, 1.54) is 17.0 Å². The van der Waals surface area contributed by atoms with E-state index >= 15 is 0 Å². The molecule has 0 radical (unpaired) electrons. The fraction of sp³-hybridized carbons (Fsp3) is 0.375. The van der Waals surface area contributed by atoms with Crippen LogP contribution in [0.25, 0.3) is 0 Å². The molecule has 0 aliphatic carbocycles. The maximum absolute atomic E-state index is 13.4. The number of oxazole rings is 1. The molecule has 4 nitrogen and oxygen atoms in total. The van der Waals surface area contributed by atoms with Gasteiger partial charge in [0, 0.05) is 13.1 Å². The molecular formula is C16H14F4N2O2. The van der Waals surface area contributed by atoms with Gasteiger partial charge in [-0.15, -0.1) is 0 Å². The fourth-order valence-electron chi connectivity index (χ4n) is 2.96. The van der Waals surface area contributed by atoms with Gasteiger partial charge in [0.15, 0.2) is 12.1 Å². The molecule has 2 heterocycles. The highest BCUT2D eigenvalue weighted by molar-refractivity contribution is 5.93. The zero-order chi connectivity index (χ0) is 17.5. The van der Waals surface area contributed by atoms with Crippen molar-refractivity contribution in [3.8, 4) is 0 Å². The summed E-state index contributed by atoms with van der Waals surface area (Å²) in [6.45, 7) is 2.21. The van der Waals surface area contributed by atoms with Gasteiger partial charge in [0.05, 0.1) is 0 Å². The maximum atomic E-state index is 13.4. The Morgan fingerprint density at radius 2 is 2.12 bits per heavy atom. The summed E-state index contributed by atoms with van der Waals surface area (Å²) in [4.78, 5) is 17.2. The minimum Gasteiger partial charge on any atom is -0.438 e. The minimum atomic E-state index is -4.79. The number of fused-ring (bicyclic) bond motifs is 1. The van der Waals surface area contributed by atoms with Crippen molar-refractivity contribution in [3.05, 3.63) is 53.0 Å².